The molecule has 0 aliphatic heterocycles. The molecule has 0 fully saturated rings. The third kappa shape index (κ3) is 6.31. The Bertz CT molecular complexity index is 481. The first-order valence-electron chi connectivity index (χ1n) is 5.38. The van der Waals surface area contributed by atoms with Crippen molar-refractivity contribution in [1.29, 1.82) is 0 Å². The second kappa shape index (κ2) is 6.48. The summed E-state index contributed by atoms with van der Waals surface area (Å²) >= 11 is 0. The first-order chi connectivity index (χ1) is 7.99. The number of carboxylic acid groups (broad SMARTS) is 1. The van der Waals surface area contributed by atoms with Crippen molar-refractivity contribution in [2.45, 2.75) is 26.3 Å². The molecule has 1 N–H and O–H groups in total. The van der Waals surface area contributed by atoms with E-state index in [0.29, 0.717) is 0 Å². The molecule has 0 aromatic rings. The molecular formula is C9H19NO6S2. The normalized spacial score (nSPS) is 14.7. The number of hydrogen-bond acceptors (Lipinski definition) is 5. The highest BCUT2D eigenvalue weighted by Gasteiger charge is 2.27. The summed E-state index contributed by atoms with van der Waals surface area (Å²) in [6.45, 7) is 3.17. The predicted molar refractivity (Wildman–Crippen MR) is 67.6 cm³/mol. The van der Waals surface area contributed by atoms with Crippen LogP contribution >= 0.6 is 0 Å². The molecule has 0 spiro atoms. The third-order valence-electron chi connectivity index (χ3n) is 2.34. The van der Waals surface area contributed by atoms with Gasteiger partial charge in [0.2, 0.25) is 10.0 Å². The predicted octanol–water partition coefficient (Wildman–Crippen LogP) is -0.454. The minimum absolute atomic E-state index is 0.112. The molecule has 9 heteroatoms. The van der Waals surface area contributed by atoms with Gasteiger partial charge in [0.1, 0.15) is 9.84 Å². The number of sulfonamides is 1. The number of nitrogens with zero attached hydrogens (tertiary/aromatic N) is 1. The van der Waals surface area contributed by atoms with Crippen molar-refractivity contribution in [2.24, 2.45) is 0 Å². The van der Waals surface area contributed by atoms with E-state index in [2.05, 4.69) is 0 Å². The average Bonchev–Trinajstić information content (AvgIpc) is 2.13. The van der Waals surface area contributed by atoms with Gasteiger partial charge in [-0.1, -0.05) is 6.92 Å². The maximum Gasteiger partial charge on any atom is 0.304 e. The standard InChI is InChI=1S/C9H19NO6S2/c1-4-10(8(2)7-9(11)12)18(15,16)6-5-17(3,13)14/h8H,4-7H2,1-3H3,(H,11,12). The van der Waals surface area contributed by atoms with E-state index in [1.54, 1.807) is 6.92 Å². The molecule has 0 aliphatic rings. The van der Waals surface area contributed by atoms with Crippen LogP contribution in [0.1, 0.15) is 20.3 Å². The van der Waals surface area contributed by atoms with Crippen LogP contribution in [-0.4, -0.2) is 62.6 Å². The Kier molecular flexibility index (Phi) is 6.24. The summed E-state index contributed by atoms with van der Waals surface area (Å²) in [5, 5.41) is 8.64. The highest BCUT2D eigenvalue weighted by molar-refractivity contribution is 7.93. The summed E-state index contributed by atoms with van der Waals surface area (Å²) in [5.74, 6) is -2.09. The largest absolute Gasteiger partial charge is 0.481 e. The zero-order valence-corrected chi connectivity index (χ0v) is 12.3. The van der Waals surface area contributed by atoms with E-state index < -0.39 is 43.4 Å². The summed E-state index contributed by atoms with van der Waals surface area (Å²) in [7, 11) is -7.13. The van der Waals surface area contributed by atoms with Crippen molar-refractivity contribution in [3.05, 3.63) is 0 Å². The van der Waals surface area contributed by atoms with Gasteiger partial charge in [-0.05, 0) is 6.92 Å². The van der Waals surface area contributed by atoms with E-state index >= 15 is 0 Å². The Morgan fingerprint density at radius 3 is 2.06 bits per heavy atom. The molecule has 0 saturated heterocycles. The fourth-order valence-electron chi connectivity index (χ4n) is 1.51. The van der Waals surface area contributed by atoms with Crippen molar-refractivity contribution in [2.75, 3.05) is 24.3 Å². The van der Waals surface area contributed by atoms with Crippen molar-refractivity contribution < 1.29 is 26.7 Å². The van der Waals surface area contributed by atoms with Crippen LogP contribution in [0.4, 0.5) is 0 Å². The van der Waals surface area contributed by atoms with E-state index in [0.717, 1.165) is 10.6 Å². The molecule has 0 rings (SSSR count). The molecule has 18 heavy (non-hydrogen) atoms. The van der Waals surface area contributed by atoms with Crippen molar-refractivity contribution in [3.63, 3.8) is 0 Å². The summed E-state index contributed by atoms with van der Waals surface area (Å²) in [4.78, 5) is 10.6. The zero-order chi connectivity index (χ0) is 14.6. The second-order valence-corrected chi connectivity index (χ2v) is 8.40. The monoisotopic (exact) mass is 301 g/mol. The summed E-state index contributed by atoms with van der Waals surface area (Å²) in [5.41, 5.74) is 0. The highest BCUT2D eigenvalue weighted by Crippen LogP contribution is 2.11. The van der Waals surface area contributed by atoms with E-state index in [4.69, 9.17) is 5.11 Å². The number of carboxylic acids is 1. The third-order valence-corrected chi connectivity index (χ3v) is 5.60. The zero-order valence-electron chi connectivity index (χ0n) is 10.7. The van der Waals surface area contributed by atoms with E-state index in [9.17, 15) is 21.6 Å². The van der Waals surface area contributed by atoms with Crippen LogP contribution < -0.4 is 0 Å². The van der Waals surface area contributed by atoms with Gasteiger partial charge in [0.15, 0.2) is 0 Å². The molecule has 0 saturated carbocycles. The van der Waals surface area contributed by atoms with Gasteiger partial charge in [-0.25, -0.2) is 16.8 Å². The molecule has 0 bridgehead atoms. The maximum absolute atomic E-state index is 11.9. The van der Waals surface area contributed by atoms with Crippen LogP contribution in [-0.2, 0) is 24.7 Å². The SMILES string of the molecule is CCN(C(C)CC(=O)O)S(=O)(=O)CCS(C)(=O)=O. The van der Waals surface area contributed by atoms with Crippen LogP contribution in [0.5, 0.6) is 0 Å². The van der Waals surface area contributed by atoms with E-state index in [-0.39, 0.29) is 13.0 Å². The second-order valence-electron chi connectivity index (χ2n) is 4.10. The molecule has 0 aliphatic carbocycles. The Balaban J connectivity index is 4.87. The van der Waals surface area contributed by atoms with Gasteiger partial charge in [-0.3, -0.25) is 4.79 Å². The Labute approximate surface area is 108 Å². The first-order valence-corrected chi connectivity index (χ1v) is 9.05. The van der Waals surface area contributed by atoms with Gasteiger partial charge < -0.3 is 5.11 Å². The molecule has 108 valence electrons. The molecule has 0 aromatic carbocycles. The quantitative estimate of drug-likeness (QED) is 0.650. The van der Waals surface area contributed by atoms with Crippen molar-refractivity contribution >= 4 is 25.8 Å². The number of sulfone groups is 1. The molecule has 0 heterocycles. The maximum atomic E-state index is 11.9. The lowest BCUT2D eigenvalue weighted by Gasteiger charge is -2.25. The van der Waals surface area contributed by atoms with Gasteiger partial charge in [0.05, 0.1) is 17.9 Å². The topological polar surface area (TPSA) is 109 Å². The lowest BCUT2D eigenvalue weighted by atomic mass is 10.2. The number of hydrogen-bond donors (Lipinski definition) is 1. The fourth-order valence-corrected chi connectivity index (χ4v) is 4.82. The Morgan fingerprint density at radius 2 is 1.72 bits per heavy atom. The minimum Gasteiger partial charge on any atom is -0.481 e. The molecular weight excluding hydrogens is 282 g/mol. The highest BCUT2D eigenvalue weighted by atomic mass is 32.2. The molecule has 1 unspecified atom stereocenters. The molecule has 0 aromatic heterocycles. The van der Waals surface area contributed by atoms with Crippen LogP contribution in [0.3, 0.4) is 0 Å². The van der Waals surface area contributed by atoms with Crippen LogP contribution in [0.25, 0.3) is 0 Å². The molecule has 7 nitrogen and oxygen atoms in total. The van der Waals surface area contributed by atoms with E-state index in [1.165, 1.54) is 6.92 Å². The average molecular weight is 301 g/mol. The van der Waals surface area contributed by atoms with Gasteiger partial charge in [0.25, 0.3) is 0 Å². The molecule has 1 atom stereocenters. The van der Waals surface area contributed by atoms with Crippen LogP contribution in [0.15, 0.2) is 0 Å². The van der Waals surface area contributed by atoms with Crippen molar-refractivity contribution in [1.82, 2.24) is 4.31 Å². The lowest BCUT2D eigenvalue weighted by molar-refractivity contribution is -0.137. The van der Waals surface area contributed by atoms with Crippen LogP contribution in [0.2, 0.25) is 0 Å². The fraction of sp³-hybridized carbons (Fsp3) is 0.889. The first kappa shape index (κ1) is 17.3. The lowest BCUT2D eigenvalue weighted by Crippen LogP contribution is -2.42. The number of aliphatic carboxylic acids is 1. The molecule has 0 amide bonds. The smallest absolute Gasteiger partial charge is 0.304 e. The van der Waals surface area contributed by atoms with E-state index in [1.807, 2.05) is 0 Å². The summed E-state index contributed by atoms with van der Waals surface area (Å²) in [6.07, 6.45) is 0.644. The van der Waals surface area contributed by atoms with Gasteiger partial charge in [-0.2, -0.15) is 4.31 Å². The van der Waals surface area contributed by atoms with Gasteiger partial charge in [-0.15, -0.1) is 0 Å². The van der Waals surface area contributed by atoms with Crippen LogP contribution in [0, 0.1) is 0 Å². The number of carbonyl (C=O) groups is 1. The van der Waals surface area contributed by atoms with Crippen molar-refractivity contribution in [3.8, 4) is 0 Å². The number of rotatable bonds is 8. The Morgan fingerprint density at radius 1 is 1.22 bits per heavy atom. The minimum atomic E-state index is -3.76. The molecule has 0 radical (unpaired) electrons. The summed E-state index contributed by atoms with van der Waals surface area (Å²) < 4.78 is 46.7. The Hall–Kier alpha value is -0.670. The summed E-state index contributed by atoms with van der Waals surface area (Å²) in [6, 6.07) is -0.697. The van der Waals surface area contributed by atoms with Gasteiger partial charge >= 0.3 is 5.97 Å². The van der Waals surface area contributed by atoms with Gasteiger partial charge in [0, 0.05) is 18.8 Å².